The summed E-state index contributed by atoms with van der Waals surface area (Å²) in [5.74, 6) is 0.954. The molecule has 2 aromatic carbocycles. The number of nitrogens with zero attached hydrogens (tertiary/aromatic N) is 1. The van der Waals surface area contributed by atoms with Gasteiger partial charge in [0.25, 0.3) is 10.0 Å². The molecule has 0 radical (unpaired) electrons. The van der Waals surface area contributed by atoms with Gasteiger partial charge >= 0.3 is 0 Å². The van der Waals surface area contributed by atoms with Crippen molar-refractivity contribution < 1.29 is 22.7 Å². The second-order valence-corrected chi connectivity index (χ2v) is 7.99. The Labute approximate surface area is 173 Å². The van der Waals surface area contributed by atoms with E-state index < -0.39 is 10.0 Å². The molecule has 3 aromatic rings. The third kappa shape index (κ3) is 4.58. The molecule has 0 unspecified atom stereocenters. The lowest BCUT2D eigenvalue weighted by molar-refractivity contribution is -0.111. The minimum absolute atomic E-state index is 0.0697. The zero-order chi connectivity index (χ0) is 21.0. The molecule has 1 aromatic heterocycles. The van der Waals surface area contributed by atoms with Gasteiger partial charge < -0.3 is 14.8 Å². The summed E-state index contributed by atoms with van der Waals surface area (Å²) in [4.78, 5) is 16.1. The number of sulfonamides is 1. The molecule has 4 rings (SSSR count). The Hall–Kier alpha value is -3.85. The van der Waals surface area contributed by atoms with Gasteiger partial charge in [0.1, 0.15) is 0 Å². The van der Waals surface area contributed by atoms with Gasteiger partial charge in [-0.15, -0.1) is 0 Å². The summed E-state index contributed by atoms with van der Waals surface area (Å²) < 4.78 is 37.8. The molecule has 1 aliphatic rings. The molecule has 2 N–H and O–H groups in total. The van der Waals surface area contributed by atoms with Crippen molar-refractivity contribution in [3.05, 3.63) is 78.6 Å². The van der Waals surface area contributed by atoms with E-state index in [-0.39, 0.29) is 17.6 Å². The lowest BCUT2D eigenvalue weighted by Crippen LogP contribution is -2.13. The molecule has 8 nitrogen and oxygen atoms in total. The molecule has 0 aliphatic carbocycles. The Morgan fingerprint density at radius 1 is 1.00 bits per heavy atom. The molecule has 0 spiro atoms. The van der Waals surface area contributed by atoms with Crippen LogP contribution in [0.15, 0.2) is 78.0 Å². The van der Waals surface area contributed by atoms with Crippen molar-refractivity contribution in [3.8, 4) is 11.5 Å². The number of amides is 1. The normalized spacial score (nSPS) is 12.7. The number of carbonyl (C=O) groups is 1. The molecule has 152 valence electrons. The van der Waals surface area contributed by atoms with E-state index in [1.807, 2.05) is 6.07 Å². The largest absolute Gasteiger partial charge is 0.454 e. The average Bonchev–Trinajstić information content (AvgIpc) is 3.21. The van der Waals surface area contributed by atoms with Gasteiger partial charge in [-0.2, -0.15) is 0 Å². The maximum Gasteiger partial charge on any atom is 0.261 e. The fourth-order valence-electron chi connectivity index (χ4n) is 2.73. The van der Waals surface area contributed by atoms with E-state index in [1.165, 1.54) is 36.5 Å². The lowest BCUT2D eigenvalue weighted by Gasteiger charge is -2.08. The number of ether oxygens (including phenoxy) is 2. The van der Waals surface area contributed by atoms with Crippen LogP contribution < -0.4 is 19.5 Å². The van der Waals surface area contributed by atoms with Gasteiger partial charge in [-0.25, -0.2) is 8.42 Å². The number of pyridine rings is 1. The van der Waals surface area contributed by atoms with Crippen LogP contribution in [0.5, 0.6) is 11.5 Å². The van der Waals surface area contributed by atoms with Gasteiger partial charge in [0, 0.05) is 18.0 Å². The van der Waals surface area contributed by atoms with Crippen LogP contribution in [0, 0.1) is 0 Å². The highest BCUT2D eigenvalue weighted by atomic mass is 32.2. The van der Waals surface area contributed by atoms with Gasteiger partial charge in [-0.05, 0) is 60.2 Å². The molecular weight excluding hydrogens is 406 g/mol. The highest BCUT2D eigenvalue weighted by Gasteiger charge is 2.14. The quantitative estimate of drug-likeness (QED) is 0.590. The summed E-state index contributed by atoms with van der Waals surface area (Å²) in [5.41, 5.74) is 1.62. The average molecular weight is 423 g/mol. The number of nitrogens with one attached hydrogen (secondary N) is 2. The molecule has 1 amide bonds. The standard InChI is InChI=1S/C21H17N3O5S/c25-21(10-4-15-3-9-19-20(12-15)29-14-28-19)23-16-5-7-18(8-6-16)30(26,27)24-17-2-1-11-22-13-17/h1-13,24H,14H2,(H,23,25)/b10-4+. The summed E-state index contributed by atoms with van der Waals surface area (Å²) in [5, 5.41) is 2.69. The molecule has 0 fully saturated rings. The first kappa shape index (κ1) is 19.5. The van der Waals surface area contributed by atoms with Gasteiger partial charge in [0.15, 0.2) is 11.5 Å². The van der Waals surface area contributed by atoms with Gasteiger partial charge in [0.2, 0.25) is 12.7 Å². The maximum absolute atomic E-state index is 12.4. The van der Waals surface area contributed by atoms with E-state index in [0.29, 0.717) is 22.9 Å². The van der Waals surface area contributed by atoms with Crippen molar-refractivity contribution in [1.82, 2.24) is 4.98 Å². The molecule has 2 heterocycles. The van der Waals surface area contributed by atoms with Crippen molar-refractivity contribution in [2.45, 2.75) is 4.90 Å². The second kappa shape index (κ2) is 8.26. The van der Waals surface area contributed by atoms with Crippen LogP contribution in [-0.4, -0.2) is 26.1 Å². The molecule has 0 atom stereocenters. The number of fused-ring (bicyclic) bond motifs is 1. The van der Waals surface area contributed by atoms with Crippen molar-refractivity contribution in [2.24, 2.45) is 0 Å². The zero-order valence-corrected chi connectivity index (χ0v) is 16.4. The molecule has 9 heteroatoms. The third-order valence-electron chi connectivity index (χ3n) is 4.17. The monoisotopic (exact) mass is 423 g/mol. The summed E-state index contributed by atoms with van der Waals surface area (Å²) in [6.45, 7) is 0.187. The van der Waals surface area contributed by atoms with Crippen molar-refractivity contribution in [1.29, 1.82) is 0 Å². The molecule has 0 bridgehead atoms. The summed E-state index contributed by atoms with van der Waals surface area (Å²) >= 11 is 0. The van der Waals surface area contributed by atoms with Crippen molar-refractivity contribution in [2.75, 3.05) is 16.8 Å². The number of benzene rings is 2. The van der Waals surface area contributed by atoms with E-state index in [2.05, 4.69) is 15.0 Å². The lowest BCUT2D eigenvalue weighted by atomic mass is 10.2. The number of aromatic nitrogens is 1. The Bertz CT molecular complexity index is 1190. The first-order chi connectivity index (χ1) is 14.5. The molecule has 0 saturated heterocycles. The van der Waals surface area contributed by atoms with Crippen LogP contribution in [0.25, 0.3) is 6.08 Å². The van der Waals surface area contributed by atoms with Gasteiger partial charge in [-0.1, -0.05) is 6.07 Å². The number of rotatable bonds is 6. The highest BCUT2D eigenvalue weighted by molar-refractivity contribution is 7.92. The minimum Gasteiger partial charge on any atom is -0.454 e. The van der Waals surface area contributed by atoms with Crippen LogP contribution in [-0.2, 0) is 14.8 Å². The van der Waals surface area contributed by atoms with Crippen LogP contribution >= 0.6 is 0 Å². The van der Waals surface area contributed by atoms with Gasteiger partial charge in [0.05, 0.1) is 16.8 Å². The number of anilines is 2. The highest BCUT2D eigenvalue weighted by Crippen LogP contribution is 2.32. The molecule has 30 heavy (non-hydrogen) atoms. The van der Waals surface area contributed by atoms with Crippen LogP contribution in [0.3, 0.4) is 0 Å². The fraction of sp³-hybridized carbons (Fsp3) is 0.0476. The van der Waals surface area contributed by atoms with E-state index in [1.54, 1.807) is 36.5 Å². The topological polar surface area (TPSA) is 107 Å². The van der Waals surface area contributed by atoms with Gasteiger partial charge in [-0.3, -0.25) is 14.5 Å². The van der Waals surface area contributed by atoms with Crippen LogP contribution in [0.2, 0.25) is 0 Å². The first-order valence-electron chi connectivity index (χ1n) is 8.91. The van der Waals surface area contributed by atoms with Crippen molar-refractivity contribution in [3.63, 3.8) is 0 Å². The Morgan fingerprint density at radius 3 is 2.57 bits per heavy atom. The fourth-order valence-corrected chi connectivity index (χ4v) is 3.77. The maximum atomic E-state index is 12.4. The second-order valence-electron chi connectivity index (χ2n) is 6.31. The van der Waals surface area contributed by atoms with E-state index in [0.717, 1.165) is 5.56 Å². The van der Waals surface area contributed by atoms with E-state index in [4.69, 9.17) is 9.47 Å². The number of carbonyl (C=O) groups excluding carboxylic acids is 1. The first-order valence-corrected chi connectivity index (χ1v) is 10.4. The Balaban J connectivity index is 1.39. The summed E-state index contributed by atoms with van der Waals surface area (Å²) in [6, 6.07) is 14.5. The summed E-state index contributed by atoms with van der Waals surface area (Å²) in [6.07, 6.45) is 6.00. The SMILES string of the molecule is O=C(/C=C/c1ccc2c(c1)OCO2)Nc1ccc(S(=O)(=O)Nc2cccnc2)cc1. The zero-order valence-electron chi connectivity index (χ0n) is 15.6. The molecule has 0 saturated carbocycles. The van der Waals surface area contributed by atoms with Crippen molar-refractivity contribution >= 4 is 33.4 Å². The molecule has 1 aliphatic heterocycles. The minimum atomic E-state index is -3.75. The van der Waals surface area contributed by atoms with E-state index >= 15 is 0 Å². The van der Waals surface area contributed by atoms with Crippen LogP contribution in [0.4, 0.5) is 11.4 Å². The van der Waals surface area contributed by atoms with E-state index in [9.17, 15) is 13.2 Å². The Morgan fingerprint density at radius 2 is 1.80 bits per heavy atom. The number of hydrogen-bond donors (Lipinski definition) is 2. The summed E-state index contributed by atoms with van der Waals surface area (Å²) in [7, 11) is -3.75. The predicted octanol–water partition coefficient (Wildman–Crippen LogP) is 3.26. The predicted molar refractivity (Wildman–Crippen MR) is 112 cm³/mol. The Kier molecular flexibility index (Phi) is 5.36. The van der Waals surface area contributed by atoms with Crippen LogP contribution in [0.1, 0.15) is 5.56 Å². The smallest absolute Gasteiger partial charge is 0.261 e. The molecular formula is C21H17N3O5S. The number of hydrogen-bond acceptors (Lipinski definition) is 6. The third-order valence-corrected chi connectivity index (χ3v) is 5.57.